The minimum atomic E-state index is -0.614. The van der Waals surface area contributed by atoms with Gasteiger partial charge in [-0.05, 0) is 13.3 Å². The van der Waals surface area contributed by atoms with Crippen LogP contribution in [0.25, 0.3) is 0 Å². The Labute approximate surface area is 84.5 Å². The zero-order valence-corrected chi connectivity index (χ0v) is 8.81. The highest BCUT2D eigenvalue weighted by atomic mass is 16.5. The highest BCUT2D eigenvalue weighted by molar-refractivity contribution is 4.96. The van der Waals surface area contributed by atoms with Crippen molar-refractivity contribution in [2.45, 2.75) is 32.9 Å². The molecule has 1 atom stereocenters. The van der Waals surface area contributed by atoms with Crippen molar-refractivity contribution in [2.24, 2.45) is 0 Å². The molecular formula is C10H18N2O2. The van der Waals surface area contributed by atoms with Crippen LogP contribution in [0.15, 0.2) is 12.4 Å². The lowest BCUT2D eigenvalue weighted by Gasteiger charge is -2.11. The summed E-state index contributed by atoms with van der Waals surface area (Å²) in [5, 5.41) is 9.74. The topological polar surface area (TPSA) is 47.3 Å². The predicted molar refractivity (Wildman–Crippen MR) is 54.0 cm³/mol. The van der Waals surface area contributed by atoms with Gasteiger partial charge in [-0.2, -0.15) is 0 Å². The molecule has 0 fully saturated rings. The summed E-state index contributed by atoms with van der Waals surface area (Å²) in [6.45, 7) is 5.89. The Morgan fingerprint density at radius 3 is 3.00 bits per heavy atom. The van der Waals surface area contributed by atoms with Gasteiger partial charge in [-0.25, -0.2) is 4.98 Å². The molecule has 0 spiro atoms. The number of aliphatic hydroxyl groups is 1. The van der Waals surface area contributed by atoms with Crippen LogP contribution in [0.2, 0.25) is 0 Å². The molecule has 1 aromatic rings. The third-order valence-corrected chi connectivity index (χ3v) is 2.01. The van der Waals surface area contributed by atoms with E-state index in [1.807, 2.05) is 24.6 Å². The largest absolute Gasteiger partial charge is 0.383 e. The normalized spacial score (nSPS) is 13.1. The van der Waals surface area contributed by atoms with Crippen molar-refractivity contribution in [1.82, 2.24) is 9.55 Å². The zero-order valence-electron chi connectivity index (χ0n) is 8.81. The molecule has 1 heterocycles. The molecule has 80 valence electrons. The molecule has 1 N–H and O–H groups in total. The van der Waals surface area contributed by atoms with Gasteiger partial charge in [-0.1, -0.05) is 6.92 Å². The first-order valence-corrected chi connectivity index (χ1v) is 5.06. The second kappa shape index (κ2) is 5.78. The van der Waals surface area contributed by atoms with E-state index in [0.29, 0.717) is 19.0 Å². The molecule has 0 radical (unpaired) electrons. The van der Waals surface area contributed by atoms with E-state index < -0.39 is 6.10 Å². The number of hydrogen-bond donors (Lipinski definition) is 1. The molecule has 0 saturated carbocycles. The van der Waals surface area contributed by atoms with E-state index in [-0.39, 0.29) is 0 Å². The number of aliphatic hydroxyl groups excluding tert-OH is 1. The van der Waals surface area contributed by atoms with Gasteiger partial charge in [0, 0.05) is 25.5 Å². The van der Waals surface area contributed by atoms with Crippen molar-refractivity contribution in [3.63, 3.8) is 0 Å². The van der Waals surface area contributed by atoms with Crippen LogP contribution in [0.1, 0.15) is 32.2 Å². The average Bonchev–Trinajstić information content (AvgIpc) is 2.65. The molecule has 0 saturated heterocycles. The number of aryl methyl sites for hydroxylation is 1. The number of aromatic nitrogens is 2. The van der Waals surface area contributed by atoms with Crippen LogP contribution >= 0.6 is 0 Å². The summed E-state index contributed by atoms with van der Waals surface area (Å²) in [6.07, 6.45) is 3.91. The molecule has 0 aliphatic rings. The zero-order chi connectivity index (χ0) is 10.4. The van der Waals surface area contributed by atoms with E-state index in [1.165, 1.54) is 0 Å². The Kier molecular flexibility index (Phi) is 4.62. The van der Waals surface area contributed by atoms with E-state index in [4.69, 9.17) is 4.74 Å². The summed E-state index contributed by atoms with van der Waals surface area (Å²) in [6, 6.07) is 0. The second-order valence-electron chi connectivity index (χ2n) is 3.16. The summed E-state index contributed by atoms with van der Waals surface area (Å²) in [5.74, 6) is 0.684. The standard InChI is InChI=1S/C10H18N2O2/c1-3-7-14-8-9(13)10-11-5-6-12(10)4-2/h5-6,9,13H,3-4,7-8H2,1-2H3. The average molecular weight is 198 g/mol. The third kappa shape index (κ3) is 2.82. The van der Waals surface area contributed by atoms with Crippen molar-refractivity contribution < 1.29 is 9.84 Å². The molecule has 0 aromatic carbocycles. The van der Waals surface area contributed by atoms with Crippen LogP contribution in [0, 0.1) is 0 Å². The van der Waals surface area contributed by atoms with E-state index in [2.05, 4.69) is 4.98 Å². The molecular weight excluding hydrogens is 180 g/mol. The van der Waals surface area contributed by atoms with Crippen LogP contribution in [-0.4, -0.2) is 27.9 Å². The summed E-state index contributed by atoms with van der Waals surface area (Å²) in [4.78, 5) is 4.10. The van der Waals surface area contributed by atoms with Crippen LogP contribution in [0.3, 0.4) is 0 Å². The van der Waals surface area contributed by atoms with Gasteiger partial charge in [0.25, 0.3) is 0 Å². The summed E-state index contributed by atoms with van der Waals surface area (Å²) in [7, 11) is 0. The van der Waals surface area contributed by atoms with Crippen molar-refractivity contribution >= 4 is 0 Å². The highest BCUT2D eigenvalue weighted by Gasteiger charge is 2.12. The van der Waals surface area contributed by atoms with Gasteiger partial charge >= 0.3 is 0 Å². The lowest BCUT2D eigenvalue weighted by atomic mass is 10.3. The fourth-order valence-corrected chi connectivity index (χ4v) is 1.30. The van der Waals surface area contributed by atoms with Gasteiger partial charge in [0.15, 0.2) is 0 Å². The van der Waals surface area contributed by atoms with Gasteiger partial charge in [0.1, 0.15) is 11.9 Å². The number of hydrogen-bond acceptors (Lipinski definition) is 3. The lowest BCUT2D eigenvalue weighted by Crippen LogP contribution is -2.13. The monoisotopic (exact) mass is 198 g/mol. The molecule has 4 heteroatoms. The molecule has 0 aliphatic carbocycles. The molecule has 1 rings (SSSR count). The van der Waals surface area contributed by atoms with E-state index in [1.54, 1.807) is 6.20 Å². The van der Waals surface area contributed by atoms with Crippen LogP contribution in [-0.2, 0) is 11.3 Å². The number of nitrogens with zero attached hydrogens (tertiary/aromatic N) is 2. The Balaban J connectivity index is 2.47. The fourth-order valence-electron chi connectivity index (χ4n) is 1.30. The van der Waals surface area contributed by atoms with Crippen LogP contribution in [0.5, 0.6) is 0 Å². The number of imidazole rings is 1. The second-order valence-corrected chi connectivity index (χ2v) is 3.16. The molecule has 0 aliphatic heterocycles. The Hall–Kier alpha value is -0.870. The van der Waals surface area contributed by atoms with Crippen molar-refractivity contribution in [2.75, 3.05) is 13.2 Å². The van der Waals surface area contributed by atoms with Crippen LogP contribution < -0.4 is 0 Å². The molecule has 0 bridgehead atoms. The maximum absolute atomic E-state index is 9.74. The van der Waals surface area contributed by atoms with Gasteiger partial charge in [-0.3, -0.25) is 0 Å². The lowest BCUT2D eigenvalue weighted by molar-refractivity contribution is 0.0302. The Morgan fingerprint density at radius 1 is 1.57 bits per heavy atom. The van der Waals surface area contributed by atoms with Gasteiger partial charge in [0.05, 0.1) is 6.61 Å². The van der Waals surface area contributed by atoms with E-state index in [9.17, 15) is 5.11 Å². The first-order valence-electron chi connectivity index (χ1n) is 5.06. The summed E-state index contributed by atoms with van der Waals surface area (Å²) < 4.78 is 7.18. The maximum atomic E-state index is 9.74. The quantitative estimate of drug-likeness (QED) is 0.702. The first-order chi connectivity index (χ1) is 6.79. The number of rotatable bonds is 6. The summed E-state index contributed by atoms with van der Waals surface area (Å²) >= 11 is 0. The maximum Gasteiger partial charge on any atom is 0.140 e. The van der Waals surface area contributed by atoms with E-state index in [0.717, 1.165) is 13.0 Å². The molecule has 0 amide bonds. The molecule has 4 nitrogen and oxygen atoms in total. The fraction of sp³-hybridized carbons (Fsp3) is 0.700. The van der Waals surface area contributed by atoms with E-state index >= 15 is 0 Å². The minimum Gasteiger partial charge on any atom is -0.383 e. The molecule has 14 heavy (non-hydrogen) atoms. The van der Waals surface area contributed by atoms with Crippen molar-refractivity contribution in [3.05, 3.63) is 18.2 Å². The summed E-state index contributed by atoms with van der Waals surface area (Å²) in [5.41, 5.74) is 0. The predicted octanol–water partition coefficient (Wildman–Crippen LogP) is 1.36. The van der Waals surface area contributed by atoms with Crippen molar-refractivity contribution in [3.8, 4) is 0 Å². The van der Waals surface area contributed by atoms with Gasteiger partial charge < -0.3 is 14.4 Å². The SMILES string of the molecule is CCCOCC(O)c1nccn1CC. The smallest absolute Gasteiger partial charge is 0.140 e. The van der Waals surface area contributed by atoms with Gasteiger partial charge in [-0.15, -0.1) is 0 Å². The Morgan fingerprint density at radius 2 is 2.36 bits per heavy atom. The van der Waals surface area contributed by atoms with Crippen LogP contribution in [0.4, 0.5) is 0 Å². The first kappa shape index (κ1) is 11.2. The van der Waals surface area contributed by atoms with Gasteiger partial charge in [0.2, 0.25) is 0 Å². The minimum absolute atomic E-state index is 0.324. The number of ether oxygens (including phenoxy) is 1. The third-order valence-electron chi connectivity index (χ3n) is 2.01. The molecule has 1 aromatic heterocycles. The van der Waals surface area contributed by atoms with Crippen molar-refractivity contribution in [1.29, 1.82) is 0 Å². The molecule has 1 unspecified atom stereocenters. The Bertz CT molecular complexity index is 260. The highest BCUT2D eigenvalue weighted by Crippen LogP contribution is 2.10.